The third-order valence-electron chi connectivity index (χ3n) is 5.08. The third-order valence-corrected chi connectivity index (χ3v) is 5.08. The van der Waals surface area contributed by atoms with Crippen molar-refractivity contribution in [3.05, 3.63) is 66.5 Å². The maximum atomic E-state index is 13.7. The Morgan fingerprint density at radius 1 is 0.793 bits per heavy atom. The number of imidazole rings is 1. The molecule has 5 rings (SSSR count). The van der Waals surface area contributed by atoms with Crippen LogP contribution < -0.4 is 9.80 Å². The van der Waals surface area contributed by atoms with Crippen molar-refractivity contribution in [3.63, 3.8) is 0 Å². The fourth-order valence-electron chi connectivity index (χ4n) is 3.58. The Kier molecular flexibility index (Phi) is 4.47. The van der Waals surface area contributed by atoms with Crippen LogP contribution in [-0.2, 0) is 6.42 Å². The summed E-state index contributed by atoms with van der Waals surface area (Å²) in [6, 6.07) is 10.3. The topological polar surface area (TPSA) is 75.9 Å². The molecule has 0 amide bonds. The average Bonchev–Trinajstić information content (AvgIpc) is 3.16. The largest absolute Gasteiger partial charge is 0.351 e. The fraction of sp³-hybridized carbons (Fsp3) is 0.250. The van der Waals surface area contributed by atoms with Crippen LogP contribution in [0.4, 0.5) is 16.2 Å². The number of halogens is 1. The van der Waals surface area contributed by atoms with E-state index in [2.05, 4.69) is 46.9 Å². The molecule has 3 aromatic heterocycles. The minimum absolute atomic E-state index is 0.190. The monoisotopic (exact) mass is 390 g/mol. The summed E-state index contributed by atoms with van der Waals surface area (Å²) < 4.78 is 13.7. The number of fused-ring (bicyclic) bond motifs is 1. The molecule has 0 spiro atoms. The van der Waals surface area contributed by atoms with E-state index in [1.165, 1.54) is 11.9 Å². The van der Waals surface area contributed by atoms with E-state index in [1.807, 2.05) is 30.6 Å². The van der Waals surface area contributed by atoms with Crippen LogP contribution in [0.1, 0.15) is 11.1 Å². The van der Waals surface area contributed by atoms with E-state index in [-0.39, 0.29) is 5.65 Å². The lowest BCUT2D eigenvalue weighted by Crippen LogP contribution is -2.47. The van der Waals surface area contributed by atoms with Gasteiger partial charge in [0.25, 0.3) is 0 Å². The Morgan fingerprint density at radius 3 is 2.28 bits per heavy atom. The summed E-state index contributed by atoms with van der Waals surface area (Å²) in [4.78, 5) is 26.1. The lowest BCUT2D eigenvalue weighted by atomic mass is 10.1. The Balaban J connectivity index is 1.26. The molecule has 1 aliphatic rings. The normalized spacial score (nSPS) is 14.5. The number of hydrogen-bond acceptors (Lipinski definition) is 7. The minimum atomic E-state index is 0.190. The number of anilines is 2. The van der Waals surface area contributed by atoms with Crippen molar-refractivity contribution < 1.29 is 4.48 Å². The molecule has 9 heteroatoms. The molecule has 146 valence electrons. The maximum absolute atomic E-state index is 13.7. The van der Waals surface area contributed by atoms with Crippen LogP contribution in [0.15, 0.2) is 55.4 Å². The summed E-state index contributed by atoms with van der Waals surface area (Å²) >= 11 is 0. The number of nitrogens with zero attached hydrogens (tertiary/aromatic N) is 8. The molecule has 1 aromatic carbocycles. The van der Waals surface area contributed by atoms with Gasteiger partial charge in [-0.3, -0.25) is 0 Å². The van der Waals surface area contributed by atoms with Crippen molar-refractivity contribution in [1.29, 1.82) is 0 Å². The molecule has 0 atom stereocenters. The molecule has 29 heavy (non-hydrogen) atoms. The van der Waals surface area contributed by atoms with Gasteiger partial charge in [-0.1, -0.05) is 34.8 Å². The highest BCUT2D eigenvalue weighted by molar-refractivity contribution is 5.83. The van der Waals surface area contributed by atoms with E-state index in [0.717, 1.165) is 50.4 Å². The van der Waals surface area contributed by atoms with E-state index < -0.39 is 0 Å². The molecule has 4 aromatic rings. The molecule has 0 radical (unpaired) electrons. The molecule has 0 unspecified atom stereocenters. The molecule has 1 fully saturated rings. The van der Waals surface area contributed by atoms with Gasteiger partial charge in [-0.2, -0.15) is 0 Å². The first kappa shape index (κ1) is 17.5. The van der Waals surface area contributed by atoms with Crippen LogP contribution in [0.3, 0.4) is 0 Å². The smallest absolute Gasteiger partial charge is 0.225 e. The molecular weight excluding hydrogens is 371 g/mol. The number of aromatic nitrogens is 6. The predicted octanol–water partition coefficient (Wildman–Crippen LogP) is 2.27. The molecule has 1 aliphatic heterocycles. The van der Waals surface area contributed by atoms with Gasteiger partial charge in [0.15, 0.2) is 17.0 Å². The van der Waals surface area contributed by atoms with Crippen molar-refractivity contribution in [2.45, 2.75) is 6.42 Å². The highest BCUT2D eigenvalue weighted by atomic mass is 19.2. The van der Waals surface area contributed by atoms with Gasteiger partial charge in [-0.05, 0) is 11.1 Å². The molecule has 8 nitrogen and oxygen atoms in total. The maximum Gasteiger partial charge on any atom is 0.225 e. The van der Waals surface area contributed by atoms with Gasteiger partial charge in [0, 0.05) is 45.0 Å². The highest BCUT2D eigenvalue weighted by Gasteiger charge is 2.23. The molecule has 0 bridgehead atoms. The lowest BCUT2D eigenvalue weighted by Gasteiger charge is -2.35. The van der Waals surface area contributed by atoms with Gasteiger partial charge in [-0.25, -0.2) is 24.9 Å². The molecule has 4 heterocycles. The number of hydrogen-bond donors (Lipinski definition) is 0. The van der Waals surface area contributed by atoms with Crippen LogP contribution in [0, 0.1) is 0 Å². The van der Waals surface area contributed by atoms with Crippen molar-refractivity contribution in [2.75, 3.05) is 36.0 Å². The zero-order chi connectivity index (χ0) is 19.6. The Labute approximate surface area is 166 Å². The van der Waals surface area contributed by atoms with E-state index in [1.54, 1.807) is 0 Å². The summed E-state index contributed by atoms with van der Waals surface area (Å²) in [7, 11) is 0. The minimum Gasteiger partial charge on any atom is -0.351 e. The summed E-state index contributed by atoms with van der Waals surface area (Å²) in [6.45, 7) is 2.94. The SMILES string of the molecule is Fn1cnc2c(N3CCN(c4ncc(Cc5ccccc5)cn4)CC3)ncnc21. The summed E-state index contributed by atoms with van der Waals surface area (Å²) in [5, 5.41) is 0. The molecular formula is C20H19FN8. The molecule has 0 N–H and O–H groups in total. The predicted molar refractivity (Wildman–Crippen MR) is 108 cm³/mol. The van der Waals surface area contributed by atoms with Crippen LogP contribution in [0.25, 0.3) is 11.2 Å². The number of rotatable bonds is 4. The highest BCUT2D eigenvalue weighted by Crippen LogP contribution is 2.23. The van der Waals surface area contributed by atoms with Crippen LogP contribution in [-0.4, -0.2) is 55.9 Å². The van der Waals surface area contributed by atoms with Gasteiger partial charge in [0.1, 0.15) is 12.7 Å². The zero-order valence-electron chi connectivity index (χ0n) is 15.7. The summed E-state index contributed by atoms with van der Waals surface area (Å²) in [5.74, 6) is 1.38. The van der Waals surface area contributed by atoms with Crippen LogP contribution in [0.2, 0.25) is 0 Å². The lowest BCUT2D eigenvalue weighted by molar-refractivity contribution is 0.381. The standard InChI is InChI=1S/C20H19FN8/c21-29-14-26-17-18(24-13-25-19(17)29)27-6-8-28(9-7-27)20-22-11-16(12-23-20)10-15-4-2-1-3-5-15/h1-5,11-14H,6-10H2. The number of piperazine rings is 1. The van der Waals surface area contributed by atoms with Gasteiger partial charge in [0.05, 0.1) is 0 Å². The first-order chi connectivity index (χ1) is 14.3. The first-order valence-electron chi connectivity index (χ1n) is 9.47. The summed E-state index contributed by atoms with van der Waals surface area (Å²) in [6.07, 6.45) is 7.09. The van der Waals surface area contributed by atoms with E-state index >= 15 is 0 Å². The van der Waals surface area contributed by atoms with Crippen molar-refractivity contribution >= 4 is 22.9 Å². The second-order valence-corrected chi connectivity index (χ2v) is 6.95. The molecule has 1 saturated heterocycles. The molecule has 0 aliphatic carbocycles. The quantitative estimate of drug-likeness (QED) is 0.529. The van der Waals surface area contributed by atoms with Crippen molar-refractivity contribution in [1.82, 2.24) is 29.7 Å². The van der Waals surface area contributed by atoms with Gasteiger partial charge in [-0.15, -0.1) is 4.79 Å². The second kappa shape index (κ2) is 7.42. The second-order valence-electron chi connectivity index (χ2n) is 6.95. The molecule has 0 saturated carbocycles. The first-order valence-corrected chi connectivity index (χ1v) is 9.47. The van der Waals surface area contributed by atoms with Gasteiger partial charge >= 0.3 is 0 Å². The third kappa shape index (κ3) is 3.46. The van der Waals surface area contributed by atoms with E-state index in [4.69, 9.17) is 0 Å². The van der Waals surface area contributed by atoms with E-state index in [9.17, 15) is 4.48 Å². The summed E-state index contributed by atoms with van der Waals surface area (Å²) in [5.41, 5.74) is 2.99. The van der Waals surface area contributed by atoms with Crippen LogP contribution in [0.5, 0.6) is 0 Å². The van der Waals surface area contributed by atoms with Crippen molar-refractivity contribution in [3.8, 4) is 0 Å². The number of benzene rings is 1. The van der Waals surface area contributed by atoms with E-state index in [0.29, 0.717) is 16.1 Å². The van der Waals surface area contributed by atoms with Crippen molar-refractivity contribution in [2.24, 2.45) is 0 Å². The Morgan fingerprint density at radius 2 is 1.52 bits per heavy atom. The van der Waals surface area contributed by atoms with Gasteiger partial charge in [0.2, 0.25) is 5.95 Å². The van der Waals surface area contributed by atoms with Gasteiger partial charge < -0.3 is 9.80 Å². The Bertz CT molecular complexity index is 1100. The zero-order valence-corrected chi connectivity index (χ0v) is 15.7. The average molecular weight is 390 g/mol. The fourth-order valence-corrected chi connectivity index (χ4v) is 3.58. The van der Waals surface area contributed by atoms with Crippen LogP contribution >= 0.6 is 0 Å². The Hall–Kier alpha value is -3.62.